The molecule has 0 unspecified atom stereocenters. The molecule has 0 spiro atoms. The third-order valence-electron chi connectivity index (χ3n) is 3.27. The lowest BCUT2D eigenvalue weighted by Gasteiger charge is -2.02. The van der Waals surface area contributed by atoms with Gasteiger partial charge in [0.05, 0.1) is 0 Å². The normalized spacial score (nSPS) is 10.5. The summed E-state index contributed by atoms with van der Waals surface area (Å²) in [6, 6.07) is 10.3. The quantitative estimate of drug-likeness (QED) is 0.634. The van der Waals surface area contributed by atoms with Crippen molar-refractivity contribution in [3.63, 3.8) is 0 Å². The maximum absolute atomic E-state index is 11.7. The molecule has 2 N–H and O–H groups in total. The van der Waals surface area contributed by atoms with Gasteiger partial charge in [-0.1, -0.05) is 54.9 Å². The van der Waals surface area contributed by atoms with Crippen molar-refractivity contribution in [3.05, 3.63) is 35.9 Å². The van der Waals surface area contributed by atoms with Crippen molar-refractivity contribution in [2.24, 2.45) is 5.73 Å². The fourth-order valence-corrected chi connectivity index (χ4v) is 2.96. The number of carbonyl (C=O) groups excluding carboxylic acids is 2. The molecule has 0 aliphatic heterocycles. The minimum atomic E-state index is -0.224. The Hall–Kier alpha value is -1.29. The van der Waals surface area contributed by atoms with Gasteiger partial charge in [0.15, 0.2) is 5.12 Å². The second kappa shape index (κ2) is 11.4. The molecule has 1 aromatic carbocycles. The van der Waals surface area contributed by atoms with Crippen LogP contribution in [0.4, 0.5) is 0 Å². The summed E-state index contributed by atoms with van der Waals surface area (Å²) in [5.41, 5.74) is 6.37. The van der Waals surface area contributed by atoms with E-state index in [1.165, 1.54) is 17.3 Å². The summed E-state index contributed by atoms with van der Waals surface area (Å²) in [5, 5.41) is 0.295. The maximum atomic E-state index is 11.7. The molecule has 0 saturated carbocycles. The molecule has 0 saturated heterocycles. The van der Waals surface area contributed by atoms with Crippen molar-refractivity contribution in [1.29, 1.82) is 0 Å². The van der Waals surface area contributed by atoms with Crippen molar-refractivity contribution in [2.45, 2.75) is 51.4 Å². The highest BCUT2D eigenvalue weighted by molar-refractivity contribution is 8.13. The van der Waals surface area contributed by atoms with Crippen LogP contribution < -0.4 is 5.73 Å². The average molecular weight is 307 g/mol. The Morgan fingerprint density at radius 2 is 1.62 bits per heavy atom. The highest BCUT2D eigenvalue weighted by Crippen LogP contribution is 2.14. The molecule has 21 heavy (non-hydrogen) atoms. The Balaban J connectivity index is 1.93. The Labute approximate surface area is 131 Å². The van der Waals surface area contributed by atoms with Gasteiger partial charge < -0.3 is 5.73 Å². The number of nitrogens with two attached hydrogens (primary N) is 1. The first kappa shape index (κ1) is 17.8. The van der Waals surface area contributed by atoms with Crippen LogP contribution >= 0.6 is 11.8 Å². The van der Waals surface area contributed by atoms with Gasteiger partial charge in [-0.15, -0.1) is 0 Å². The van der Waals surface area contributed by atoms with Gasteiger partial charge in [0.1, 0.15) is 0 Å². The van der Waals surface area contributed by atoms with Crippen molar-refractivity contribution >= 4 is 22.8 Å². The van der Waals surface area contributed by atoms with E-state index < -0.39 is 0 Å². The van der Waals surface area contributed by atoms with Gasteiger partial charge in [0, 0.05) is 18.6 Å². The molecule has 1 rings (SSSR count). The topological polar surface area (TPSA) is 60.2 Å². The van der Waals surface area contributed by atoms with E-state index in [1.54, 1.807) is 0 Å². The van der Waals surface area contributed by atoms with Crippen LogP contribution in [0.25, 0.3) is 0 Å². The predicted octanol–water partition coefficient (Wildman–Crippen LogP) is 3.70. The van der Waals surface area contributed by atoms with E-state index in [9.17, 15) is 9.59 Å². The highest BCUT2D eigenvalue weighted by Gasteiger charge is 2.03. The van der Waals surface area contributed by atoms with Crippen molar-refractivity contribution in [1.82, 2.24) is 0 Å². The minimum absolute atomic E-state index is 0.224. The standard InChI is InChI=1S/C17H25NO2S/c18-16(19)12-6-1-2-7-14-21-17(20)13-8-11-15-9-4-3-5-10-15/h3-5,9-10H,1-2,6-8,11-14H2,(H2,18,19). The predicted molar refractivity (Wildman–Crippen MR) is 89.1 cm³/mol. The molecular formula is C17H25NO2S. The number of rotatable bonds is 11. The fourth-order valence-electron chi connectivity index (χ4n) is 2.09. The van der Waals surface area contributed by atoms with Crippen LogP contribution in [0.2, 0.25) is 0 Å². The lowest BCUT2D eigenvalue weighted by Crippen LogP contribution is -2.09. The van der Waals surface area contributed by atoms with Crippen LogP contribution in [0.1, 0.15) is 50.5 Å². The number of amides is 1. The lowest BCUT2D eigenvalue weighted by molar-refractivity contribution is -0.118. The van der Waals surface area contributed by atoms with Crippen LogP contribution in [0, 0.1) is 0 Å². The Morgan fingerprint density at radius 3 is 2.33 bits per heavy atom. The smallest absolute Gasteiger partial charge is 0.217 e. The van der Waals surface area contributed by atoms with E-state index in [0.29, 0.717) is 18.0 Å². The molecule has 0 radical (unpaired) electrons. The number of carbonyl (C=O) groups is 2. The van der Waals surface area contributed by atoms with E-state index >= 15 is 0 Å². The number of unbranched alkanes of at least 4 members (excludes halogenated alkanes) is 3. The van der Waals surface area contributed by atoms with Gasteiger partial charge >= 0.3 is 0 Å². The Morgan fingerprint density at radius 1 is 0.905 bits per heavy atom. The van der Waals surface area contributed by atoms with Crippen molar-refractivity contribution < 1.29 is 9.59 Å². The summed E-state index contributed by atoms with van der Waals surface area (Å²) in [6.07, 6.45) is 7.02. The molecule has 0 aliphatic rings. The summed E-state index contributed by atoms with van der Waals surface area (Å²) in [5.74, 6) is 0.666. The molecule has 1 amide bonds. The third-order valence-corrected chi connectivity index (χ3v) is 4.29. The summed E-state index contributed by atoms with van der Waals surface area (Å²) >= 11 is 1.45. The molecule has 0 aliphatic carbocycles. The van der Waals surface area contributed by atoms with Gasteiger partial charge in [-0.2, -0.15) is 0 Å². The van der Waals surface area contributed by atoms with Gasteiger partial charge in [-0.3, -0.25) is 9.59 Å². The van der Waals surface area contributed by atoms with Crippen LogP contribution in [0.3, 0.4) is 0 Å². The zero-order valence-electron chi connectivity index (χ0n) is 12.6. The lowest BCUT2D eigenvalue weighted by atomic mass is 10.1. The number of primary amides is 1. The molecule has 0 aromatic heterocycles. The maximum Gasteiger partial charge on any atom is 0.217 e. The van der Waals surface area contributed by atoms with E-state index in [4.69, 9.17) is 5.73 Å². The second-order valence-electron chi connectivity index (χ2n) is 5.19. The van der Waals surface area contributed by atoms with Crippen molar-refractivity contribution in [3.8, 4) is 0 Å². The third kappa shape index (κ3) is 10.1. The molecule has 4 heteroatoms. The van der Waals surface area contributed by atoms with Gasteiger partial charge in [-0.25, -0.2) is 0 Å². The average Bonchev–Trinajstić information content (AvgIpc) is 2.47. The zero-order chi connectivity index (χ0) is 15.3. The van der Waals surface area contributed by atoms with Crippen LogP contribution in [0.5, 0.6) is 0 Å². The molecule has 0 bridgehead atoms. The molecule has 0 atom stereocenters. The minimum Gasteiger partial charge on any atom is -0.370 e. The molecule has 0 heterocycles. The summed E-state index contributed by atoms with van der Waals surface area (Å²) < 4.78 is 0. The monoisotopic (exact) mass is 307 g/mol. The zero-order valence-corrected chi connectivity index (χ0v) is 13.4. The number of benzene rings is 1. The van der Waals surface area contributed by atoms with Gasteiger partial charge in [0.2, 0.25) is 5.91 Å². The molecular weight excluding hydrogens is 282 g/mol. The number of thioether (sulfide) groups is 1. The fraction of sp³-hybridized carbons (Fsp3) is 0.529. The SMILES string of the molecule is NC(=O)CCCCCCSC(=O)CCCc1ccccc1. The molecule has 3 nitrogen and oxygen atoms in total. The molecule has 1 aromatic rings. The van der Waals surface area contributed by atoms with Gasteiger partial charge in [0.25, 0.3) is 0 Å². The van der Waals surface area contributed by atoms with Gasteiger partial charge in [-0.05, 0) is 31.2 Å². The van der Waals surface area contributed by atoms with Crippen LogP contribution in [-0.2, 0) is 16.0 Å². The number of aryl methyl sites for hydroxylation is 1. The highest BCUT2D eigenvalue weighted by atomic mass is 32.2. The first-order chi connectivity index (χ1) is 10.2. The van der Waals surface area contributed by atoms with Crippen LogP contribution in [0.15, 0.2) is 30.3 Å². The second-order valence-corrected chi connectivity index (χ2v) is 6.34. The largest absolute Gasteiger partial charge is 0.370 e. The molecule has 0 fully saturated rings. The van der Waals surface area contributed by atoms with E-state index in [1.807, 2.05) is 18.2 Å². The first-order valence-corrected chi connectivity index (χ1v) is 8.65. The first-order valence-electron chi connectivity index (χ1n) is 7.66. The Bertz CT molecular complexity index is 420. The number of hydrogen-bond acceptors (Lipinski definition) is 3. The summed E-state index contributed by atoms with van der Waals surface area (Å²) in [7, 11) is 0. The van der Waals surface area contributed by atoms with E-state index in [-0.39, 0.29) is 5.91 Å². The Kier molecular flexibility index (Phi) is 9.62. The van der Waals surface area contributed by atoms with E-state index in [0.717, 1.165) is 44.3 Å². The summed E-state index contributed by atoms with van der Waals surface area (Å²) in [4.78, 5) is 22.3. The molecule has 116 valence electrons. The van der Waals surface area contributed by atoms with Crippen molar-refractivity contribution in [2.75, 3.05) is 5.75 Å². The van der Waals surface area contributed by atoms with E-state index in [2.05, 4.69) is 12.1 Å². The summed E-state index contributed by atoms with van der Waals surface area (Å²) in [6.45, 7) is 0. The number of hydrogen-bond donors (Lipinski definition) is 1. The van der Waals surface area contributed by atoms with Crippen LogP contribution in [-0.4, -0.2) is 16.8 Å².